The molecule has 0 aliphatic heterocycles. The summed E-state index contributed by atoms with van der Waals surface area (Å²) in [6, 6.07) is 8.62. The van der Waals surface area contributed by atoms with Crippen molar-refractivity contribution < 1.29 is 28.6 Å². The molecule has 126 valence electrons. The van der Waals surface area contributed by atoms with Crippen molar-refractivity contribution in [2.45, 2.75) is 44.7 Å². The Balaban J connectivity index is 2.24. The van der Waals surface area contributed by atoms with E-state index in [9.17, 15) is 18.8 Å². The molecule has 1 N–H and O–H groups in total. The summed E-state index contributed by atoms with van der Waals surface area (Å²) < 4.78 is 18.8. The number of benzene rings is 1. The molecule has 0 aromatic heterocycles. The van der Waals surface area contributed by atoms with Crippen LogP contribution < -0.4 is 0 Å². The normalized spacial score (nSPS) is 13.1. The van der Waals surface area contributed by atoms with E-state index in [4.69, 9.17) is 9.84 Å². The molecule has 6 heteroatoms. The molecule has 0 aliphatic rings. The van der Waals surface area contributed by atoms with Crippen molar-refractivity contribution in [2.24, 2.45) is 0 Å². The minimum Gasteiger partial charge on any atom is -0.481 e. The van der Waals surface area contributed by atoms with Gasteiger partial charge in [0.05, 0.1) is 13.0 Å². The summed E-state index contributed by atoms with van der Waals surface area (Å²) in [5.41, 5.74) is -1.16. The van der Waals surface area contributed by atoms with Crippen LogP contribution in [-0.2, 0) is 14.3 Å². The largest absolute Gasteiger partial charge is 0.481 e. The molecule has 0 amide bonds. The Morgan fingerprint density at radius 3 is 2.35 bits per heavy atom. The summed E-state index contributed by atoms with van der Waals surface area (Å²) in [5.74, 6) is -1.78. The van der Waals surface area contributed by atoms with Crippen LogP contribution in [0.1, 0.15) is 49.4 Å². The van der Waals surface area contributed by atoms with Crippen molar-refractivity contribution in [3.05, 3.63) is 35.9 Å². The quantitative estimate of drug-likeness (QED) is 0.528. The molecular formula is C17H21FO5. The summed E-state index contributed by atoms with van der Waals surface area (Å²) in [5, 5.41) is 8.52. The molecule has 5 nitrogen and oxygen atoms in total. The van der Waals surface area contributed by atoms with Gasteiger partial charge >= 0.3 is 11.9 Å². The second-order valence-corrected chi connectivity index (χ2v) is 5.57. The fourth-order valence-corrected chi connectivity index (χ4v) is 1.93. The summed E-state index contributed by atoms with van der Waals surface area (Å²) in [7, 11) is 0. The van der Waals surface area contributed by atoms with E-state index < -0.39 is 17.6 Å². The third-order valence-corrected chi connectivity index (χ3v) is 3.40. The molecule has 0 saturated heterocycles. The van der Waals surface area contributed by atoms with E-state index in [0.29, 0.717) is 5.56 Å². The van der Waals surface area contributed by atoms with Crippen molar-refractivity contribution >= 4 is 17.7 Å². The Kier molecular flexibility index (Phi) is 7.38. The predicted molar refractivity (Wildman–Crippen MR) is 82.0 cm³/mol. The lowest BCUT2D eigenvalue weighted by molar-refractivity contribution is -0.145. The van der Waals surface area contributed by atoms with E-state index >= 15 is 0 Å². The van der Waals surface area contributed by atoms with Crippen LogP contribution in [-0.4, -0.2) is 35.1 Å². The highest BCUT2D eigenvalue weighted by molar-refractivity contribution is 5.97. The van der Waals surface area contributed by atoms with Crippen molar-refractivity contribution in [3.63, 3.8) is 0 Å². The van der Waals surface area contributed by atoms with Crippen molar-refractivity contribution in [1.29, 1.82) is 0 Å². The minimum atomic E-state index is -1.70. The van der Waals surface area contributed by atoms with Gasteiger partial charge in [-0.2, -0.15) is 0 Å². The predicted octanol–water partition coefficient (Wildman–Crippen LogP) is 3.18. The number of esters is 1. The van der Waals surface area contributed by atoms with Gasteiger partial charge in [0.15, 0.2) is 5.78 Å². The van der Waals surface area contributed by atoms with Crippen LogP contribution in [0.5, 0.6) is 0 Å². The zero-order chi connectivity index (χ0) is 17.3. The monoisotopic (exact) mass is 324 g/mol. The summed E-state index contributed by atoms with van der Waals surface area (Å²) in [4.78, 5) is 33.8. The van der Waals surface area contributed by atoms with E-state index in [2.05, 4.69) is 0 Å². The number of ether oxygens (including phenoxy) is 1. The van der Waals surface area contributed by atoms with Gasteiger partial charge in [-0.05, 0) is 13.3 Å². The van der Waals surface area contributed by atoms with E-state index in [1.807, 2.05) is 0 Å². The van der Waals surface area contributed by atoms with Gasteiger partial charge in [0.2, 0.25) is 0 Å². The second-order valence-electron chi connectivity index (χ2n) is 5.57. The molecule has 1 aromatic rings. The van der Waals surface area contributed by atoms with Gasteiger partial charge in [-0.25, -0.2) is 4.39 Å². The van der Waals surface area contributed by atoms with E-state index in [1.165, 1.54) is 6.92 Å². The number of alkyl halides is 1. The minimum absolute atomic E-state index is 0.0365. The first-order valence-electron chi connectivity index (χ1n) is 7.45. The highest BCUT2D eigenvalue weighted by Crippen LogP contribution is 2.22. The Bertz CT molecular complexity index is 539. The number of carbonyl (C=O) groups excluding carboxylic acids is 2. The van der Waals surface area contributed by atoms with Crippen molar-refractivity contribution in [2.75, 3.05) is 6.61 Å². The first-order chi connectivity index (χ1) is 10.8. The van der Waals surface area contributed by atoms with Gasteiger partial charge in [-0.3, -0.25) is 14.4 Å². The Labute approximate surface area is 134 Å². The number of halogens is 1. The molecule has 0 heterocycles. The van der Waals surface area contributed by atoms with Crippen LogP contribution >= 0.6 is 0 Å². The van der Waals surface area contributed by atoms with Gasteiger partial charge in [-0.15, -0.1) is 0 Å². The molecule has 1 unspecified atom stereocenters. The van der Waals surface area contributed by atoms with Crippen LogP contribution in [0.4, 0.5) is 4.39 Å². The topological polar surface area (TPSA) is 80.7 Å². The summed E-state index contributed by atoms with van der Waals surface area (Å²) >= 11 is 0. The van der Waals surface area contributed by atoms with Crippen LogP contribution in [0.3, 0.4) is 0 Å². The maximum absolute atomic E-state index is 13.9. The lowest BCUT2D eigenvalue weighted by atomic mass is 9.99. The number of hydrogen-bond donors (Lipinski definition) is 1. The number of hydrogen-bond acceptors (Lipinski definition) is 4. The Morgan fingerprint density at radius 2 is 1.74 bits per heavy atom. The highest BCUT2D eigenvalue weighted by atomic mass is 19.1. The SMILES string of the molecule is CC(F)(CCOC(=O)CCC(=O)c1ccccc1)CCC(=O)O. The smallest absolute Gasteiger partial charge is 0.306 e. The number of carboxylic acids is 1. The first kappa shape index (κ1) is 18.8. The standard InChI is InChI=1S/C17H21FO5/c1-17(18,10-9-15(20)21)11-12-23-16(22)8-7-14(19)13-5-3-2-4-6-13/h2-6H,7-12H2,1H3,(H,20,21). The van der Waals surface area contributed by atoms with E-state index in [0.717, 1.165) is 0 Å². The molecule has 0 radical (unpaired) electrons. The molecule has 0 spiro atoms. The van der Waals surface area contributed by atoms with E-state index in [-0.39, 0.29) is 44.5 Å². The number of aliphatic carboxylic acids is 1. The zero-order valence-corrected chi connectivity index (χ0v) is 13.1. The molecule has 1 rings (SSSR count). The number of carbonyl (C=O) groups is 3. The molecule has 1 atom stereocenters. The van der Waals surface area contributed by atoms with Crippen LogP contribution in [0.2, 0.25) is 0 Å². The van der Waals surface area contributed by atoms with Gasteiger partial charge < -0.3 is 9.84 Å². The maximum Gasteiger partial charge on any atom is 0.306 e. The molecule has 23 heavy (non-hydrogen) atoms. The number of ketones is 1. The Hall–Kier alpha value is -2.24. The van der Waals surface area contributed by atoms with Gasteiger partial charge in [-0.1, -0.05) is 30.3 Å². The molecule has 0 saturated carbocycles. The third kappa shape index (κ3) is 8.09. The van der Waals surface area contributed by atoms with Crippen molar-refractivity contribution in [3.8, 4) is 0 Å². The molecular weight excluding hydrogens is 303 g/mol. The summed E-state index contributed by atoms with van der Waals surface area (Å²) in [6.07, 6.45) is -0.502. The maximum atomic E-state index is 13.9. The van der Waals surface area contributed by atoms with Crippen LogP contribution in [0.25, 0.3) is 0 Å². The second kappa shape index (κ2) is 9.02. The average Bonchev–Trinajstić information content (AvgIpc) is 2.51. The van der Waals surface area contributed by atoms with E-state index in [1.54, 1.807) is 30.3 Å². The lowest BCUT2D eigenvalue weighted by Crippen LogP contribution is -2.23. The number of rotatable bonds is 10. The van der Waals surface area contributed by atoms with Gasteiger partial charge in [0.25, 0.3) is 0 Å². The molecule has 0 bridgehead atoms. The van der Waals surface area contributed by atoms with Crippen LogP contribution in [0.15, 0.2) is 30.3 Å². The number of carboxylic acid groups (broad SMARTS) is 1. The Morgan fingerprint density at radius 1 is 1.09 bits per heavy atom. The molecule has 0 aliphatic carbocycles. The number of Topliss-reactive ketones (excluding diaryl/α,β-unsaturated/α-hetero) is 1. The summed E-state index contributed by atoms with van der Waals surface area (Å²) in [6.45, 7) is 1.15. The van der Waals surface area contributed by atoms with Gasteiger partial charge in [0.1, 0.15) is 5.67 Å². The third-order valence-electron chi connectivity index (χ3n) is 3.40. The average molecular weight is 324 g/mol. The highest BCUT2D eigenvalue weighted by Gasteiger charge is 2.24. The lowest BCUT2D eigenvalue weighted by Gasteiger charge is -2.19. The van der Waals surface area contributed by atoms with Crippen molar-refractivity contribution in [1.82, 2.24) is 0 Å². The first-order valence-corrected chi connectivity index (χ1v) is 7.45. The fraction of sp³-hybridized carbons (Fsp3) is 0.471. The van der Waals surface area contributed by atoms with Crippen LogP contribution in [0, 0.1) is 0 Å². The zero-order valence-electron chi connectivity index (χ0n) is 13.1. The van der Waals surface area contributed by atoms with Gasteiger partial charge in [0, 0.05) is 24.8 Å². The fourth-order valence-electron chi connectivity index (χ4n) is 1.93. The molecule has 1 aromatic carbocycles. The molecule has 0 fully saturated rings.